The van der Waals surface area contributed by atoms with Crippen LogP contribution in [0.15, 0.2) is 60.0 Å². The van der Waals surface area contributed by atoms with Crippen LogP contribution in [0.25, 0.3) is 5.69 Å². The molecule has 1 aromatic heterocycles. The average molecular weight is 366 g/mol. The molecular weight excluding hydrogens is 344 g/mol. The second-order valence-electron chi connectivity index (χ2n) is 6.23. The number of thioether (sulfide) groups is 1. The van der Waals surface area contributed by atoms with Crippen molar-refractivity contribution in [3.05, 3.63) is 71.5 Å². The fourth-order valence-electron chi connectivity index (χ4n) is 2.55. The van der Waals surface area contributed by atoms with Gasteiger partial charge in [-0.2, -0.15) is 0 Å². The Hall–Kier alpha value is -2.60. The van der Waals surface area contributed by atoms with E-state index in [9.17, 15) is 4.79 Å². The van der Waals surface area contributed by atoms with Crippen LogP contribution in [-0.4, -0.2) is 25.9 Å². The molecule has 0 spiro atoms. The van der Waals surface area contributed by atoms with Crippen LogP contribution in [-0.2, 0) is 11.3 Å². The molecule has 1 unspecified atom stereocenters. The van der Waals surface area contributed by atoms with Gasteiger partial charge < -0.3 is 5.32 Å². The highest BCUT2D eigenvalue weighted by molar-refractivity contribution is 8.00. The maximum absolute atomic E-state index is 12.4. The Morgan fingerprint density at radius 2 is 1.88 bits per heavy atom. The summed E-state index contributed by atoms with van der Waals surface area (Å²) in [5.74, 6) is -0.0186. The summed E-state index contributed by atoms with van der Waals surface area (Å²) in [5.41, 5.74) is 4.45. The first-order valence-electron chi connectivity index (χ1n) is 8.50. The van der Waals surface area contributed by atoms with Gasteiger partial charge in [0.05, 0.1) is 10.9 Å². The summed E-state index contributed by atoms with van der Waals surface area (Å²) in [6, 6.07) is 16.2. The Bertz CT molecular complexity index is 889. The monoisotopic (exact) mass is 366 g/mol. The average Bonchev–Trinajstić information content (AvgIpc) is 3.09. The zero-order valence-corrected chi connectivity index (χ0v) is 16.0. The van der Waals surface area contributed by atoms with E-state index in [0.717, 1.165) is 16.8 Å². The first-order chi connectivity index (χ1) is 12.5. The maximum Gasteiger partial charge on any atom is 0.233 e. The lowest BCUT2D eigenvalue weighted by atomic mass is 10.1. The molecule has 1 atom stereocenters. The number of para-hydroxylation sites is 1. The summed E-state index contributed by atoms with van der Waals surface area (Å²) in [5, 5.41) is 11.6. The van der Waals surface area contributed by atoms with Crippen molar-refractivity contribution in [1.82, 2.24) is 20.1 Å². The summed E-state index contributed by atoms with van der Waals surface area (Å²) >= 11 is 1.40. The molecule has 6 heteroatoms. The van der Waals surface area contributed by atoms with E-state index in [-0.39, 0.29) is 11.2 Å². The summed E-state index contributed by atoms with van der Waals surface area (Å²) < 4.78 is 1.92. The molecule has 134 valence electrons. The highest BCUT2D eigenvalue weighted by Crippen LogP contribution is 2.25. The number of aromatic nitrogens is 3. The SMILES string of the molecule is Cc1ccc(CNC(=O)C(C)Sc2nncn2-c2ccccc2C)cc1. The molecule has 0 saturated heterocycles. The number of amides is 1. The van der Waals surface area contributed by atoms with Crippen LogP contribution in [0.3, 0.4) is 0 Å². The topological polar surface area (TPSA) is 59.8 Å². The second-order valence-corrected chi connectivity index (χ2v) is 7.54. The van der Waals surface area contributed by atoms with E-state index in [1.165, 1.54) is 17.3 Å². The van der Waals surface area contributed by atoms with E-state index in [2.05, 4.69) is 15.5 Å². The number of hydrogen-bond acceptors (Lipinski definition) is 4. The van der Waals surface area contributed by atoms with E-state index in [1.807, 2.05) is 73.9 Å². The van der Waals surface area contributed by atoms with Crippen LogP contribution >= 0.6 is 11.8 Å². The number of carbonyl (C=O) groups excluding carboxylic acids is 1. The lowest BCUT2D eigenvalue weighted by molar-refractivity contribution is -0.120. The highest BCUT2D eigenvalue weighted by Gasteiger charge is 2.18. The molecule has 0 radical (unpaired) electrons. The van der Waals surface area contributed by atoms with E-state index in [4.69, 9.17) is 0 Å². The molecule has 26 heavy (non-hydrogen) atoms. The number of carbonyl (C=O) groups is 1. The minimum Gasteiger partial charge on any atom is -0.351 e. The number of rotatable bonds is 6. The van der Waals surface area contributed by atoms with Crippen molar-refractivity contribution < 1.29 is 4.79 Å². The van der Waals surface area contributed by atoms with Gasteiger partial charge in [0, 0.05) is 6.54 Å². The Labute approximate surface area is 157 Å². The molecule has 3 rings (SSSR count). The van der Waals surface area contributed by atoms with Gasteiger partial charge in [-0.15, -0.1) is 10.2 Å². The Morgan fingerprint density at radius 1 is 1.15 bits per heavy atom. The zero-order valence-electron chi connectivity index (χ0n) is 15.1. The standard InChI is InChI=1S/C20H22N4OS/c1-14-8-10-17(11-9-14)12-21-19(25)16(3)26-20-23-22-13-24(20)18-7-5-4-6-15(18)2/h4-11,13,16H,12H2,1-3H3,(H,21,25). The largest absolute Gasteiger partial charge is 0.351 e. The van der Waals surface area contributed by atoms with Gasteiger partial charge in [-0.05, 0) is 38.0 Å². The third-order valence-corrected chi connectivity index (χ3v) is 5.19. The van der Waals surface area contributed by atoms with E-state index in [0.29, 0.717) is 11.7 Å². The number of nitrogens with one attached hydrogen (secondary N) is 1. The predicted molar refractivity (Wildman–Crippen MR) is 104 cm³/mol. The Balaban J connectivity index is 1.64. The van der Waals surface area contributed by atoms with Crippen LogP contribution in [0.4, 0.5) is 0 Å². The number of nitrogens with zero attached hydrogens (tertiary/aromatic N) is 3. The minimum absolute atomic E-state index is 0.0186. The second kappa shape index (κ2) is 8.19. The molecule has 0 fully saturated rings. The van der Waals surface area contributed by atoms with Gasteiger partial charge in [0.1, 0.15) is 6.33 Å². The molecule has 2 aromatic carbocycles. The molecule has 0 aliphatic carbocycles. The summed E-state index contributed by atoms with van der Waals surface area (Å²) in [6.45, 7) is 6.49. The van der Waals surface area contributed by atoms with Gasteiger partial charge in [-0.1, -0.05) is 59.8 Å². The van der Waals surface area contributed by atoms with Crippen molar-refractivity contribution in [3.8, 4) is 5.69 Å². The van der Waals surface area contributed by atoms with Gasteiger partial charge in [0.15, 0.2) is 5.16 Å². The quantitative estimate of drug-likeness (QED) is 0.676. The summed E-state index contributed by atoms with van der Waals surface area (Å²) in [6.07, 6.45) is 1.68. The van der Waals surface area contributed by atoms with Crippen LogP contribution in [0.2, 0.25) is 0 Å². The minimum atomic E-state index is -0.271. The highest BCUT2D eigenvalue weighted by atomic mass is 32.2. The van der Waals surface area contributed by atoms with Gasteiger partial charge in [-0.3, -0.25) is 9.36 Å². The Kier molecular flexibility index (Phi) is 5.73. The normalized spacial score (nSPS) is 12.0. The maximum atomic E-state index is 12.4. The fraction of sp³-hybridized carbons (Fsp3) is 0.250. The van der Waals surface area contributed by atoms with Crippen LogP contribution in [0.1, 0.15) is 23.6 Å². The van der Waals surface area contributed by atoms with E-state index in [1.54, 1.807) is 6.33 Å². The van der Waals surface area contributed by atoms with Crippen molar-refractivity contribution in [2.24, 2.45) is 0 Å². The lowest BCUT2D eigenvalue weighted by Gasteiger charge is -2.13. The van der Waals surface area contributed by atoms with Gasteiger partial charge in [-0.25, -0.2) is 0 Å². The molecule has 5 nitrogen and oxygen atoms in total. The molecular formula is C20H22N4OS. The van der Waals surface area contributed by atoms with Crippen LogP contribution in [0.5, 0.6) is 0 Å². The van der Waals surface area contributed by atoms with Crippen molar-refractivity contribution in [2.45, 2.75) is 37.7 Å². The van der Waals surface area contributed by atoms with Crippen molar-refractivity contribution in [3.63, 3.8) is 0 Å². The van der Waals surface area contributed by atoms with Gasteiger partial charge in [0.2, 0.25) is 5.91 Å². The molecule has 1 amide bonds. The Morgan fingerprint density at radius 3 is 2.62 bits per heavy atom. The van der Waals surface area contributed by atoms with Gasteiger partial charge >= 0.3 is 0 Å². The number of hydrogen-bond donors (Lipinski definition) is 1. The van der Waals surface area contributed by atoms with E-state index < -0.39 is 0 Å². The fourth-order valence-corrected chi connectivity index (χ4v) is 3.41. The van der Waals surface area contributed by atoms with Crippen molar-refractivity contribution in [1.29, 1.82) is 0 Å². The molecule has 0 saturated carbocycles. The summed E-state index contributed by atoms with van der Waals surface area (Å²) in [4.78, 5) is 12.4. The number of aryl methyl sites for hydroxylation is 2. The predicted octanol–water partition coefficient (Wildman–Crippen LogP) is 3.68. The smallest absolute Gasteiger partial charge is 0.233 e. The summed E-state index contributed by atoms with van der Waals surface area (Å²) in [7, 11) is 0. The molecule has 3 aromatic rings. The van der Waals surface area contributed by atoms with E-state index >= 15 is 0 Å². The third kappa shape index (κ3) is 4.32. The molecule has 1 N–H and O–H groups in total. The third-order valence-electron chi connectivity index (χ3n) is 4.13. The molecule has 0 aliphatic rings. The van der Waals surface area contributed by atoms with Crippen LogP contribution < -0.4 is 5.32 Å². The van der Waals surface area contributed by atoms with Crippen LogP contribution in [0, 0.1) is 13.8 Å². The first kappa shape index (κ1) is 18.2. The van der Waals surface area contributed by atoms with Gasteiger partial charge in [0.25, 0.3) is 0 Å². The molecule has 0 bridgehead atoms. The van der Waals surface area contributed by atoms with Crippen molar-refractivity contribution in [2.75, 3.05) is 0 Å². The lowest BCUT2D eigenvalue weighted by Crippen LogP contribution is -2.30. The van der Waals surface area contributed by atoms with Crippen molar-refractivity contribution >= 4 is 17.7 Å². The zero-order chi connectivity index (χ0) is 18.5. The number of benzene rings is 2. The molecule has 0 aliphatic heterocycles. The molecule has 1 heterocycles. The first-order valence-corrected chi connectivity index (χ1v) is 9.38.